The van der Waals surface area contributed by atoms with E-state index >= 15 is 0 Å². The lowest BCUT2D eigenvalue weighted by Gasteiger charge is -2.32. The number of nitrogens with zero attached hydrogens (tertiary/aromatic N) is 1. The SMILES string of the molecule is CCc1ccc(C(=O)N2CCC[C@H](CNS(C)(=O)=O)C2)o1. The molecule has 0 saturated carbocycles. The summed E-state index contributed by atoms with van der Waals surface area (Å²) >= 11 is 0. The van der Waals surface area contributed by atoms with Gasteiger partial charge in [-0.3, -0.25) is 4.79 Å². The molecule has 6 nitrogen and oxygen atoms in total. The number of furan rings is 1. The van der Waals surface area contributed by atoms with Crippen molar-refractivity contribution in [1.29, 1.82) is 0 Å². The van der Waals surface area contributed by atoms with Crippen LogP contribution in [0.15, 0.2) is 16.5 Å². The van der Waals surface area contributed by atoms with E-state index in [1.165, 1.54) is 0 Å². The fourth-order valence-electron chi connectivity index (χ4n) is 2.52. The van der Waals surface area contributed by atoms with Crippen molar-refractivity contribution in [2.24, 2.45) is 5.92 Å². The second-order valence-corrected chi connectivity index (χ2v) is 7.33. The fraction of sp³-hybridized carbons (Fsp3) is 0.643. The molecule has 1 fully saturated rings. The van der Waals surface area contributed by atoms with Gasteiger partial charge < -0.3 is 9.32 Å². The lowest BCUT2D eigenvalue weighted by Crippen LogP contribution is -2.43. The van der Waals surface area contributed by atoms with Crippen molar-refractivity contribution >= 4 is 15.9 Å². The number of rotatable bonds is 5. The van der Waals surface area contributed by atoms with E-state index in [1.807, 2.05) is 13.0 Å². The Hall–Kier alpha value is -1.34. The van der Waals surface area contributed by atoms with Gasteiger partial charge in [-0.1, -0.05) is 6.92 Å². The number of hydrogen-bond acceptors (Lipinski definition) is 4. The Balaban J connectivity index is 1.95. The standard InChI is InChI=1S/C14H22N2O4S/c1-3-12-6-7-13(20-12)14(17)16-8-4-5-11(10-16)9-15-21(2,18)19/h6-7,11,15H,3-5,8-10H2,1-2H3/t11-/m1/s1. The quantitative estimate of drug-likeness (QED) is 0.887. The molecular formula is C14H22N2O4S. The molecule has 1 N–H and O–H groups in total. The molecular weight excluding hydrogens is 292 g/mol. The normalized spacial score (nSPS) is 19.7. The molecule has 118 valence electrons. The highest BCUT2D eigenvalue weighted by Crippen LogP contribution is 2.19. The largest absolute Gasteiger partial charge is 0.456 e. The van der Waals surface area contributed by atoms with Crippen LogP contribution in [0.4, 0.5) is 0 Å². The summed E-state index contributed by atoms with van der Waals surface area (Å²) < 4.78 is 30.3. The Kier molecular flexibility index (Phi) is 5.05. The van der Waals surface area contributed by atoms with Crippen LogP contribution in [0.5, 0.6) is 0 Å². The molecule has 0 spiro atoms. The van der Waals surface area contributed by atoms with Gasteiger partial charge in [0, 0.05) is 26.1 Å². The van der Waals surface area contributed by atoms with Gasteiger partial charge in [0.05, 0.1) is 6.26 Å². The summed E-state index contributed by atoms with van der Waals surface area (Å²) in [7, 11) is -3.19. The van der Waals surface area contributed by atoms with Gasteiger partial charge in [-0.25, -0.2) is 13.1 Å². The predicted octanol–water partition coefficient (Wildman–Crippen LogP) is 1.24. The van der Waals surface area contributed by atoms with Gasteiger partial charge in [0.2, 0.25) is 10.0 Å². The van der Waals surface area contributed by atoms with Crippen LogP contribution in [0.2, 0.25) is 0 Å². The average Bonchev–Trinajstić information content (AvgIpc) is 2.93. The number of likely N-dealkylation sites (tertiary alicyclic amines) is 1. The second kappa shape index (κ2) is 6.62. The highest BCUT2D eigenvalue weighted by Gasteiger charge is 2.26. The van der Waals surface area contributed by atoms with Crippen molar-refractivity contribution in [1.82, 2.24) is 9.62 Å². The maximum absolute atomic E-state index is 12.4. The number of amides is 1. The van der Waals surface area contributed by atoms with Crippen molar-refractivity contribution in [2.45, 2.75) is 26.2 Å². The van der Waals surface area contributed by atoms with Crippen LogP contribution in [0.1, 0.15) is 36.1 Å². The summed E-state index contributed by atoms with van der Waals surface area (Å²) in [6, 6.07) is 3.53. The van der Waals surface area contributed by atoms with Crippen LogP contribution in [0, 0.1) is 5.92 Å². The summed E-state index contributed by atoms with van der Waals surface area (Å²) in [5.41, 5.74) is 0. The Bertz CT molecular complexity index is 594. The molecule has 1 aromatic rings. The zero-order valence-corrected chi connectivity index (χ0v) is 13.3. The lowest BCUT2D eigenvalue weighted by molar-refractivity contribution is 0.0642. The van der Waals surface area contributed by atoms with E-state index in [4.69, 9.17) is 4.42 Å². The molecule has 1 aliphatic rings. The van der Waals surface area contributed by atoms with Gasteiger partial charge in [0.15, 0.2) is 5.76 Å². The van der Waals surface area contributed by atoms with E-state index in [1.54, 1.807) is 11.0 Å². The van der Waals surface area contributed by atoms with Gasteiger partial charge in [0.1, 0.15) is 5.76 Å². The number of carbonyl (C=O) groups excluding carboxylic acids is 1. The third-order valence-electron chi connectivity index (χ3n) is 3.66. The third-order valence-corrected chi connectivity index (χ3v) is 4.35. The molecule has 1 aromatic heterocycles. The van der Waals surface area contributed by atoms with Gasteiger partial charge in [-0.2, -0.15) is 0 Å². The predicted molar refractivity (Wildman–Crippen MR) is 79.6 cm³/mol. The van der Waals surface area contributed by atoms with E-state index < -0.39 is 10.0 Å². The molecule has 2 heterocycles. The number of sulfonamides is 1. The van der Waals surface area contributed by atoms with Gasteiger partial charge in [-0.05, 0) is 30.9 Å². The van der Waals surface area contributed by atoms with Crippen LogP contribution in [-0.4, -0.2) is 45.1 Å². The molecule has 0 bridgehead atoms. The summed E-state index contributed by atoms with van der Waals surface area (Å²) in [5.74, 6) is 1.20. The summed E-state index contributed by atoms with van der Waals surface area (Å²) in [6.07, 6.45) is 3.70. The Morgan fingerprint density at radius 1 is 1.48 bits per heavy atom. The molecule has 0 aromatic carbocycles. The topological polar surface area (TPSA) is 79.6 Å². The molecule has 1 aliphatic heterocycles. The summed E-state index contributed by atoms with van der Waals surface area (Å²) in [6.45, 7) is 3.60. The van der Waals surface area contributed by atoms with Crippen molar-refractivity contribution in [3.8, 4) is 0 Å². The van der Waals surface area contributed by atoms with Crippen molar-refractivity contribution in [3.63, 3.8) is 0 Å². The molecule has 0 radical (unpaired) electrons. The van der Waals surface area contributed by atoms with Gasteiger partial charge in [0.25, 0.3) is 5.91 Å². The first kappa shape index (κ1) is 16.0. The maximum Gasteiger partial charge on any atom is 0.289 e. The molecule has 7 heteroatoms. The minimum Gasteiger partial charge on any atom is -0.456 e. The lowest BCUT2D eigenvalue weighted by atomic mass is 9.98. The molecule has 1 amide bonds. The summed E-state index contributed by atoms with van der Waals surface area (Å²) in [5, 5.41) is 0. The van der Waals surface area contributed by atoms with Gasteiger partial charge >= 0.3 is 0 Å². The average molecular weight is 314 g/mol. The molecule has 1 saturated heterocycles. The van der Waals surface area contributed by atoms with Crippen molar-refractivity contribution in [2.75, 3.05) is 25.9 Å². The number of piperidine rings is 1. The van der Waals surface area contributed by atoms with Crippen LogP contribution >= 0.6 is 0 Å². The van der Waals surface area contributed by atoms with E-state index in [2.05, 4.69) is 4.72 Å². The second-order valence-electron chi connectivity index (χ2n) is 5.50. The minimum absolute atomic E-state index is 0.112. The Morgan fingerprint density at radius 2 is 2.24 bits per heavy atom. The van der Waals surface area contributed by atoms with Crippen molar-refractivity contribution < 1.29 is 17.6 Å². The molecule has 1 atom stereocenters. The minimum atomic E-state index is -3.19. The summed E-state index contributed by atoms with van der Waals surface area (Å²) in [4.78, 5) is 14.1. The van der Waals surface area contributed by atoms with Crippen LogP contribution in [0.3, 0.4) is 0 Å². The van der Waals surface area contributed by atoms with Gasteiger partial charge in [-0.15, -0.1) is 0 Å². The number of nitrogens with one attached hydrogen (secondary N) is 1. The molecule has 21 heavy (non-hydrogen) atoms. The Labute approximate surface area is 125 Å². The third kappa shape index (κ3) is 4.57. The fourth-order valence-corrected chi connectivity index (χ4v) is 3.06. The monoisotopic (exact) mass is 314 g/mol. The smallest absolute Gasteiger partial charge is 0.289 e. The molecule has 0 aliphatic carbocycles. The van der Waals surface area contributed by atoms with E-state index in [0.717, 1.165) is 31.3 Å². The highest BCUT2D eigenvalue weighted by molar-refractivity contribution is 7.88. The van der Waals surface area contributed by atoms with E-state index in [-0.39, 0.29) is 11.8 Å². The van der Waals surface area contributed by atoms with Crippen molar-refractivity contribution in [3.05, 3.63) is 23.7 Å². The van der Waals surface area contributed by atoms with E-state index in [0.29, 0.717) is 25.4 Å². The van der Waals surface area contributed by atoms with Crippen LogP contribution in [0.25, 0.3) is 0 Å². The van der Waals surface area contributed by atoms with Crippen LogP contribution in [-0.2, 0) is 16.4 Å². The zero-order valence-electron chi connectivity index (χ0n) is 12.5. The zero-order chi connectivity index (χ0) is 15.5. The molecule has 2 rings (SSSR count). The first-order valence-electron chi connectivity index (χ1n) is 7.21. The first-order chi connectivity index (χ1) is 9.89. The van der Waals surface area contributed by atoms with Crippen LogP contribution < -0.4 is 4.72 Å². The first-order valence-corrected chi connectivity index (χ1v) is 9.11. The number of carbonyl (C=O) groups is 1. The number of aryl methyl sites for hydroxylation is 1. The number of hydrogen-bond donors (Lipinski definition) is 1. The maximum atomic E-state index is 12.4. The highest BCUT2D eigenvalue weighted by atomic mass is 32.2. The Morgan fingerprint density at radius 3 is 2.86 bits per heavy atom. The van der Waals surface area contributed by atoms with E-state index in [9.17, 15) is 13.2 Å². The molecule has 0 unspecified atom stereocenters.